The zero-order valence-corrected chi connectivity index (χ0v) is 15.0. The minimum Gasteiger partial charge on any atom is -0.387 e. The monoisotopic (exact) mass is 393 g/mol. The maximum atomic E-state index is 13.3. The molecule has 0 unspecified atom stereocenters. The molecular weight excluding hydrogens is 379 g/mol. The van der Waals surface area contributed by atoms with Crippen molar-refractivity contribution in [1.29, 1.82) is 0 Å². The van der Waals surface area contributed by atoms with Crippen molar-refractivity contribution in [2.24, 2.45) is 0 Å². The highest BCUT2D eigenvalue weighted by molar-refractivity contribution is 6.32. The van der Waals surface area contributed by atoms with Crippen LogP contribution < -0.4 is 10.9 Å². The number of nitrogens with one attached hydrogen (secondary N) is 1. The van der Waals surface area contributed by atoms with E-state index in [1.54, 1.807) is 31.3 Å². The summed E-state index contributed by atoms with van der Waals surface area (Å²) >= 11 is 6.26. The van der Waals surface area contributed by atoms with Crippen LogP contribution in [0.3, 0.4) is 0 Å². The number of halogens is 4. The highest BCUT2D eigenvalue weighted by Crippen LogP contribution is 2.44. The van der Waals surface area contributed by atoms with Crippen molar-refractivity contribution >= 4 is 28.3 Å². The van der Waals surface area contributed by atoms with Crippen LogP contribution in [0.4, 0.5) is 18.9 Å². The largest absolute Gasteiger partial charge is 0.433 e. The van der Waals surface area contributed by atoms with Crippen LogP contribution in [0.15, 0.2) is 41.2 Å². The Morgan fingerprint density at radius 1 is 1.19 bits per heavy atom. The molecule has 1 fully saturated rings. The number of fused-ring (bicyclic) bond motifs is 1. The Morgan fingerprint density at radius 3 is 2.48 bits per heavy atom. The first-order chi connectivity index (χ1) is 12.8. The molecule has 0 amide bonds. The van der Waals surface area contributed by atoms with E-state index >= 15 is 0 Å². The fourth-order valence-corrected chi connectivity index (χ4v) is 3.54. The van der Waals surface area contributed by atoms with Crippen LogP contribution in [0.2, 0.25) is 5.02 Å². The Labute approximate surface area is 157 Å². The lowest BCUT2D eigenvalue weighted by atomic mass is 10.1. The molecule has 1 aromatic carbocycles. The number of hydrogen-bond acceptors (Lipinski definition) is 3. The van der Waals surface area contributed by atoms with Gasteiger partial charge in [-0.3, -0.25) is 9.36 Å². The fourth-order valence-electron chi connectivity index (χ4n) is 3.32. The van der Waals surface area contributed by atoms with E-state index in [0.29, 0.717) is 22.3 Å². The van der Waals surface area contributed by atoms with Crippen molar-refractivity contribution in [1.82, 2.24) is 9.55 Å². The molecule has 0 saturated heterocycles. The van der Waals surface area contributed by atoms with Gasteiger partial charge in [-0.05, 0) is 43.0 Å². The first-order valence-corrected chi connectivity index (χ1v) is 8.80. The topological polar surface area (TPSA) is 46.9 Å². The van der Waals surface area contributed by atoms with Crippen LogP contribution in [-0.4, -0.2) is 16.6 Å². The van der Waals surface area contributed by atoms with Crippen LogP contribution in [-0.2, 0) is 6.18 Å². The van der Waals surface area contributed by atoms with Gasteiger partial charge in [0.25, 0.3) is 5.56 Å². The van der Waals surface area contributed by atoms with Gasteiger partial charge in [-0.2, -0.15) is 13.2 Å². The smallest absolute Gasteiger partial charge is 0.387 e. The molecule has 2 heterocycles. The summed E-state index contributed by atoms with van der Waals surface area (Å²) in [7, 11) is 1.65. The second-order valence-electron chi connectivity index (χ2n) is 6.47. The van der Waals surface area contributed by atoms with Gasteiger partial charge in [0, 0.05) is 18.0 Å². The van der Waals surface area contributed by atoms with Gasteiger partial charge >= 0.3 is 6.18 Å². The number of nitrogens with zero attached hydrogens (tertiary/aromatic N) is 2. The van der Waals surface area contributed by atoms with Gasteiger partial charge in [0.1, 0.15) is 11.3 Å². The SMILES string of the molecule is CNc1c(C2CC2)c(=O)n(-c2ccccc2Cl)c2nc(C(F)(F)F)ccc12. The molecule has 0 bridgehead atoms. The number of anilines is 1. The maximum absolute atomic E-state index is 13.3. The van der Waals surface area contributed by atoms with Gasteiger partial charge in [0.15, 0.2) is 0 Å². The zero-order valence-electron chi connectivity index (χ0n) is 14.3. The van der Waals surface area contributed by atoms with E-state index in [4.69, 9.17) is 11.6 Å². The molecule has 3 aromatic rings. The summed E-state index contributed by atoms with van der Waals surface area (Å²) in [5.74, 6) is 0.0837. The molecule has 4 nitrogen and oxygen atoms in total. The van der Waals surface area contributed by atoms with E-state index < -0.39 is 17.4 Å². The Morgan fingerprint density at radius 2 is 1.89 bits per heavy atom. The number of alkyl halides is 3. The van der Waals surface area contributed by atoms with Crippen LogP contribution in [0.5, 0.6) is 0 Å². The van der Waals surface area contributed by atoms with Crippen molar-refractivity contribution in [3.63, 3.8) is 0 Å². The third-order valence-electron chi connectivity index (χ3n) is 4.68. The first-order valence-electron chi connectivity index (χ1n) is 8.42. The van der Waals surface area contributed by atoms with Crippen molar-refractivity contribution in [2.45, 2.75) is 24.9 Å². The molecule has 2 aromatic heterocycles. The highest BCUT2D eigenvalue weighted by Gasteiger charge is 2.35. The quantitative estimate of drug-likeness (QED) is 0.683. The first kappa shape index (κ1) is 17.9. The lowest BCUT2D eigenvalue weighted by Gasteiger charge is -2.18. The number of rotatable bonds is 3. The van der Waals surface area contributed by atoms with Gasteiger partial charge in [-0.15, -0.1) is 0 Å². The number of benzene rings is 1. The van der Waals surface area contributed by atoms with Gasteiger partial charge in [0.05, 0.1) is 16.4 Å². The van der Waals surface area contributed by atoms with Crippen LogP contribution in [0.25, 0.3) is 16.7 Å². The van der Waals surface area contributed by atoms with Gasteiger partial charge in [-0.25, -0.2) is 4.98 Å². The third kappa shape index (κ3) is 2.96. The lowest BCUT2D eigenvalue weighted by molar-refractivity contribution is -0.141. The summed E-state index contributed by atoms with van der Waals surface area (Å²) in [4.78, 5) is 17.1. The second-order valence-corrected chi connectivity index (χ2v) is 6.88. The lowest BCUT2D eigenvalue weighted by Crippen LogP contribution is -2.26. The standard InChI is InChI=1S/C19H15ClF3N3O/c1-24-16-11-8-9-14(19(21,22)23)25-17(11)26(13-5-3-2-4-12(13)20)18(27)15(16)10-6-7-10/h2-5,8-10,24H,6-7H2,1H3. The molecule has 1 saturated carbocycles. The molecule has 8 heteroatoms. The summed E-state index contributed by atoms with van der Waals surface area (Å²) < 4.78 is 40.9. The molecule has 0 aliphatic heterocycles. The average molecular weight is 394 g/mol. The number of hydrogen-bond donors (Lipinski definition) is 1. The molecule has 27 heavy (non-hydrogen) atoms. The predicted octanol–water partition coefficient (Wildman–Crippen LogP) is 4.98. The van der Waals surface area contributed by atoms with Crippen molar-refractivity contribution in [2.75, 3.05) is 12.4 Å². The normalized spacial score (nSPS) is 14.6. The summed E-state index contributed by atoms with van der Waals surface area (Å²) in [6, 6.07) is 8.84. The molecule has 0 atom stereocenters. The highest BCUT2D eigenvalue weighted by atomic mass is 35.5. The molecule has 0 radical (unpaired) electrons. The van der Waals surface area contributed by atoms with Crippen LogP contribution in [0, 0.1) is 0 Å². The van der Waals surface area contributed by atoms with E-state index in [2.05, 4.69) is 10.3 Å². The van der Waals surface area contributed by atoms with Gasteiger partial charge < -0.3 is 5.32 Å². The van der Waals surface area contributed by atoms with Gasteiger partial charge in [0.2, 0.25) is 0 Å². The Hall–Kier alpha value is -2.54. The van der Waals surface area contributed by atoms with Crippen LogP contribution in [0.1, 0.15) is 30.0 Å². The average Bonchev–Trinajstić information content (AvgIpc) is 3.45. The summed E-state index contributed by atoms with van der Waals surface area (Å²) in [5, 5.41) is 3.70. The Bertz CT molecular complexity index is 1100. The zero-order chi connectivity index (χ0) is 19.3. The van der Waals surface area contributed by atoms with Crippen molar-refractivity contribution in [3.8, 4) is 5.69 Å². The molecule has 4 rings (SSSR count). The predicted molar refractivity (Wildman–Crippen MR) is 98.9 cm³/mol. The second kappa shape index (κ2) is 6.27. The summed E-state index contributed by atoms with van der Waals surface area (Å²) in [5.41, 5.74) is -0.124. The third-order valence-corrected chi connectivity index (χ3v) is 5.00. The van der Waals surface area contributed by atoms with E-state index in [0.717, 1.165) is 18.9 Å². The van der Waals surface area contributed by atoms with Crippen molar-refractivity contribution < 1.29 is 13.2 Å². The minimum atomic E-state index is -4.62. The van der Waals surface area contributed by atoms with Gasteiger partial charge in [-0.1, -0.05) is 23.7 Å². The minimum absolute atomic E-state index is 0.0725. The molecule has 1 N–H and O–H groups in total. The molecule has 1 aliphatic rings. The van der Waals surface area contributed by atoms with Crippen molar-refractivity contribution in [3.05, 3.63) is 63.0 Å². The van der Waals surface area contributed by atoms with E-state index in [-0.39, 0.29) is 16.6 Å². The van der Waals surface area contributed by atoms with E-state index in [1.165, 1.54) is 10.6 Å². The Balaban J connectivity index is 2.17. The molecule has 1 aliphatic carbocycles. The molecule has 140 valence electrons. The summed E-state index contributed by atoms with van der Waals surface area (Å²) in [6.07, 6.45) is -2.89. The van der Waals surface area contributed by atoms with E-state index in [1.807, 2.05) is 0 Å². The van der Waals surface area contributed by atoms with E-state index in [9.17, 15) is 18.0 Å². The fraction of sp³-hybridized carbons (Fsp3) is 0.263. The number of aromatic nitrogens is 2. The molecular formula is C19H15ClF3N3O. The molecule has 0 spiro atoms. The number of pyridine rings is 2. The maximum Gasteiger partial charge on any atom is 0.433 e. The van der Waals surface area contributed by atoms with Crippen LogP contribution >= 0.6 is 11.6 Å². The number of para-hydroxylation sites is 1. The summed E-state index contributed by atoms with van der Waals surface area (Å²) in [6.45, 7) is 0. The Kier molecular flexibility index (Phi) is 4.14.